The van der Waals surface area contributed by atoms with Gasteiger partial charge in [0.15, 0.2) is 5.78 Å². The van der Waals surface area contributed by atoms with Crippen LogP contribution in [0.4, 0.5) is 10.1 Å². The molecule has 3 rings (SSSR count). The highest BCUT2D eigenvalue weighted by atomic mass is 19.1. The fourth-order valence-electron chi connectivity index (χ4n) is 2.38. The summed E-state index contributed by atoms with van der Waals surface area (Å²) in [6, 6.07) is 12.8. The molecule has 0 atom stereocenters. The molecule has 2 aromatic carbocycles. The summed E-state index contributed by atoms with van der Waals surface area (Å²) in [5, 5.41) is 0. The molecule has 1 aliphatic rings. The van der Waals surface area contributed by atoms with E-state index in [1.54, 1.807) is 31.3 Å². The summed E-state index contributed by atoms with van der Waals surface area (Å²) < 4.78 is 13.4. The van der Waals surface area contributed by atoms with E-state index in [0.717, 1.165) is 0 Å². The summed E-state index contributed by atoms with van der Waals surface area (Å²) in [5.74, 6) is -1.01. The minimum atomic E-state index is -0.435. The Labute approximate surface area is 121 Å². The average Bonchev–Trinajstić information content (AvgIpc) is 2.73. The molecular formula is C17H12FNO2. The molecule has 21 heavy (non-hydrogen) atoms. The molecule has 1 heterocycles. The van der Waals surface area contributed by atoms with Crippen LogP contribution in [0.1, 0.15) is 15.9 Å². The quantitative estimate of drug-likeness (QED) is 0.626. The summed E-state index contributed by atoms with van der Waals surface area (Å²) in [5.41, 5.74) is 1.77. The van der Waals surface area contributed by atoms with Gasteiger partial charge in [-0.3, -0.25) is 9.59 Å². The molecule has 2 aromatic rings. The van der Waals surface area contributed by atoms with E-state index in [9.17, 15) is 14.0 Å². The van der Waals surface area contributed by atoms with Gasteiger partial charge < -0.3 is 4.90 Å². The van der Waals surface area contributed by atoms with Gasteiger partial charge in [0.25, 0.3) is 5.91 Å². The molecule has 0 saturated carbocycles. The SMILES string of the molecule is CN1C(=O)C(=CC(=O)c2ccccc2)c2cc(F)ccc21. The van der Waals surface area contributed by atoms with Crippen LogP contribution in [-0.2, 0) is 4.79 Å². The first-order valence-corrected chi connectivity index (χ1v) is 6.47. The lowest BCUT2D eigenvalue weighted by Gasteiger charge is -2.08. The van der Waals surface area contributed by atoms with Gasteiger partial charge >= 0.3 is 0 Å². The van der Waals surface area contributed by atoms with Gasteiger partial charge in [0.1, 0.15) is 5.82 Å². The van der Waals surface area contributed by atoms with Gasteiger partial charge in [-0.05, 0) is 24.3 Å². The maximum absolute atomic E-state index is 13.4. The predicted octanol–water partition coefficient (Wildman–Crippen LogP) is 3.07. The van der Waals surface area contributed by atoms with E-state index in [2.05, 4.69) is 0 Å². The number of amides is 1. The minimum Gasteiger partial charge on any atom is -0.311 e. The van der Waals surface area contributed by atoms with E-state index >= 15 is 0 Å². The lowest BCUT2D eigenvalue weighted by atomic mass is 10.0. The number of halogens is 1. The lowest BCUT2D eigenvalue weighted by molar-refractivity contribution is -0.112. The molecule has 1 amide bonds. The van der Waals surface area contributed by atoms with E-state index < -0.39 is 5.82 Å². The van der Waals surface area contributed by atoms with Crippen molar-refractivity contribution in [3.05, 3.63) is 71.6 Å². The number of carbonyl (C=O) groups excluding carboxylic acids is 2. The van der Waals surface area contributed by atoms with E-state index in [4.69, 9.17) is 0 Å². The van der Waals surface area contributed by atoms with E-state index in [1.165, 1.54) is 29.2 Å². The first-order chi connectivity index (χ1) is 10.1. The van der Waals surface area contributed by atoms with Crippen molar-refractivity contribution in [1.82, 2.24) is 0 Å². The molecule has 3 nitrogen and oxygen atoms in total. The number of likely N-dealkylation sites (N-methyl/N-ethyl adjacent to an activating group) is 1. The number of carbonyl (C=O) groups is 2. The Hall–Kier alpha value is -2.75. The topological polar surface area (TPSA) is 37.4 Å². The highest BCUT2D eigenvalue weighted by Crippen LogP contribution is 2.36. The second-order valence-electron chi connectivity index (χ2n) is 4.81. The summed E-state index contributed by atoms with van der Waals surface area (Å²) in [6.07, 6.45) is 1.28. The third kappa shape index (κ3) is 2.25. The molecule has 0 fully saturated rings. The highest BCUT2D eigenvalue weighted by Gasteiger charge is 2.30. The van der Waals surface area contributed by atoms with Crippen molar-refractivity contribution in [1.29, 1.82) is 0 Å². The molecule has 4 heteroatoms. The molecule has 0 aliphatic carbocycles. The molecule has 0 spiro atoms. The van der Waals surface area contributed by atoms with E-state index in [0.29, 0.717) is 16.8 Å². The Morgan fingerprint density at radius 1 is 1.14 bits per heavy atom. The molecule has 0 N–H and O–H groups in total. The molecule has 104 valence electrons. The Morgan fingerprint density at radius 3 is 2.57 bits per heavy atom. The molecule has 0 unspecified atom stereocenters. The number of ketones is 1. The molecule has 0 aromatic heterocycles. The standard InChI is InChI=1S/C17H12FNO2/c1-19-15-8-7-12(18)9-13(15)14(17(19)21)10-16(20)11-5-3-2-4-6-11/h2-10H,1H3. The Balaban J connectivity index is 2.07. The van der Waals surface area contributed by atoms with Gasteiger partial charge in [-0.15, -0.1) is 0 Å². The van der Waals surface area contributed by atoms with Gasteiger partial charge in [0.05, 0.1) is 11.3 Å². The van der Waals surface area contributed by atoms with Crippen LogP contribution < -0.4 is 4.90 Å². The summed E-state index contributed by atoms with van der Waals surface area (Å²) in [6.45, 7) is 0. The Morgan fingerprint density at radius 2 is 1.86 bits per heavy atom. The number of fused-ring (bicyclic) bond motifs is 1. The smallest absolute Gasteiger partial charge is 0.258 e. The molecule has 0 radical (unpaired) electrons. The van der Waals surface area contributed by atoms with Crippen molar-refractivity contribution in [2.24, 2.45) is 0 Å². The van der Waals surface area contributed by atoms with Gasteiger partial charge in [-0.25, -0.2) is 4.39 Å². The maximum atomic E-state index is 13.4. The van der Waals surface area contributed by atoms with Crippen molar-refractivity contribution in [3.8, 4) is 0 Å². The van der Waals surface area contributed by atoms with Crippen LogP contribution in [0.25, 0.3) is 5.57 Å². The summed E-state index contributed by atoms with van der Waals surface area (Å²) in [4.78, 5) is 25.8. The second kappa shape index (κ2) is 4.98. The van der Waals surface area contributed by atoms with Crippen molar-refractivity contribution >= 4 is 23.0 Å². The van der Waals surface area contributed by atoms with Crippen LogP contribution in [0.2, 0.25) is 0 Å². The van der Waals surface area contributed by atoms with Crippen LogP contribution >= 0.6 is 0 Å². The van der Waals surface area contributed by atoms with Gasteiger partial charge in [-0.1, -0.05) is 30.3 Å². The number of nitrogens with zero attached hydrogens (tertiary/aromatic N) is 1. The van der Waals surface area contributed by atoms with Crippen LogP contribution in [0.15, 0.2) is 54.6 Å². The number of allylic oxidation sites excluding steroid dienone is 1. The van der Waals surface area contributed by atoms with Gasteiger partial charge in [-0.2, -0.15) is 0 Å². The van der Waals surface area contributed by atoms with Crippen LogP contribution in [0, 0.1) is 5.82 Å². The monoisotopic (exact) mass is 281 g/mol. The molecule has 0 saturated heterocycles. The van der Waals surface area contributed by atoms with Crippen molar-refractivity contribution in [2.75, 3.05) is 11.9 Å². The normalized spacial score (nSPS) is 15.4. The number of benzene rings is 2. The van der Waals surface area contributed by atoms with Crippen LogP contribution in [0.3, 0.4) is 0 Å². The zero-order chi connectivity index (χ0) is 15.0. The first-order valence-electron chi connectivity index (χ1n) is 6.47. The highest BCUT2D eigenvalue weighted by molar-refractivity contribution is 6.35. The van der Waals surface area contributed by atoms with Crippen molar-refractivity contribution < 1.29 is 14.0 Å². The van der Waals surface area contributed by atoms with Crippen molar-refractivity contribution in [2.45, 2.75) is 0 Å². The Bertz CT molecular complexity index is 766. The fraction of sp³-hybridized carbons (Fsp3) is 0.0588. The molecule has 1 aliphatic heterocycles. The number of anilines is 1. The van der Waals surface area contributed by atoms with Crippen molar-refractivity contribution in [3.63, 3.8) is 0 Å². The van der Waals surface area contributed by atoms with Gasteiger partial charge in [0, 0.05) is 18.2 Å². The predicted molar refractivity (Wildman–Crippen MR) is 78.6 cm³/mol. The summed E-state index contributed by atoms with van der Waals surface area (Å²) in [7, 11) is 1.60. The third-order valence-electron chi connectivity index (χ3n) is 3.48. The third-order valence-corrected chi connectivity index (χ3v) is 3.48. The first kappa shape index (κ1) is 13.2. The minimum absolute atomic E-state index is 0.223. The molecule has 0 bridgehead atoms. The number of hydrogen-bond donors (Lipinski definition) is 0. The molecular weight excluding hydrogens is 269 g/mol. The zero-order valence-corrected chi connectivity index (χ0v) is 11.3. The van der Waals surface area contributed by atoms with Gasteiger partial charge in [0.2, 0.25) is 0 Å². The van der Waals surface area contributed by atoms with E-state index in [1.807, 2.05) is 6.07 Å². The number of hydrogen-bond acceptors (Lipinski definition) is 2. The fourth-order valence-corrected chi connectivity index (χ4v) is 2.38. The Kier molecular flexibility index (Phi) is 3.14. The zero-order valence-electron chi connectivity index (χ0n) is 11.3. The maximum Gasteiger partial charge on any atom is 0.258 e. The van der Waals surface area contributed by atoms with E-state index in [-0.39, 0.29) is 17.3 Å². The summed E-state index contributed by atoms with van der Waals surface area (Å²) >= 11 is 0. The average molecular weight is 281 g/mol. The van der Waals surface area contributed by atoms with Crippen LogP contribution in [0.5, 0.6) is 0 Å². The lowest BCUT2D eigenvalue weighted by Crippen LogP contribution is -2.20. The second-order valence-corrected chi connectivity index (χ2v) is 4.81. The number of rotatable bonds is 2. The van der Waals surface area contributed by atoms with Crippen LogP contribution in [-0.4, -0.2) is 18.7 Å². The largest absolute Gasteiger partial charge is 0.311 e.